The lowest BCUT2D eigenvalue weighted by molar-refractivity contribution is 0.458. The second-order valence-corrected chi connectivity index (χ2v) is 4.85. The molecule has 0 atom stereocenters. The van der Waals surface area contributed by atoms with Gasteiger partial charge in [0.1, 0.15) is 0 Å². The Balaban J connectivity index is 0.00000361. The standard InChI is InChI=1S/C15H26N4.HI/c1-6-19(7-2)15(16)17-11-13-8-9-14(18(4)5)10-12(13)3;/h8-10H,6-7,11H2,1-5H3,(H2,16,17);1H. The summed E-state index contributed by atoms with van der Waals surface area (Å²) in [5.41, 5.74) is 9.67. The number of aryl methyl sites for hydroxylation is 1. The van der Waals surface area contributed by atoms with E-state index in [0.29, 0.717) is 12.5 Å². The molecular formula is C15H27IN4. The Morgan fingerprint density at radius 3 is 2.25 bits per heavy atom. The van der Waals surface area contributed by atoms with Crippen LogP contribution in [0.4, 0.5) is 5.69 Å². The van der Waals surface area contributed by atoms with Crippen LogP contribution in [0, 0.1) is 6.92 Å². The van der Waals surface area contributed by atoms with Crippen molar-refractivity contribution in [1.29, 1.82) is 0 Å². The van der Waals surface area contributed by atoms with Crippen LogP contribution in [0.5, 0.6) is 0 Å². The summed E-state index contributed by atoms with van der Waals surface area (Å²) in [6, 6.07) is 6.42. The third-order valence-electron chi connectivity index (χ3n) is 3.34. The quantitative estimate of drug-likeness (QED) is 0.478. The molecule has 4 nitrogen and oxygen atoms in total. The monoisotopic (exact) mass is 390 g/mol. The molecule has 0 amide bonds. The number of hydrogen-bond donors (Lipinski definition) is 1. The van der Waals surface area contributed by atoms with E-state index in [9.17, 15) is 0 Å². The topological polar surface area (TPSA) is 44.9 Å². The largest absolute Gasteiger partial charge is 0.378 e. The van der Waals surface area contributed by atoms with Gasteiger partial charge in [0.15, 0.2) is 5.96 Å². The zero-order valence-electron chi connectivity index (χ0n) is 13.2. The first kappa shape index (κ1) is 19.0. The van der Waals surface area contributed by atoms with Gasteiger partial charge < -0.3 is 15.5 Å². The first-order valence-electron chi connectivity index (χ1n) is 6.81. The molecule has 0 bridgehead atoms. The molecular weight excluding hydrogens is 363 g/mol. The van der Waals surface area contributed by atoms with Crippen LogP contribution in [0.2, 0.25) is 0 Å². The van der Waals surface area contributed by atoms with Gasteiger partial charge in [0.2, 0.25) is 0 Å². The third-order valence-corrected chi connectivity index (χ3v) is 3.34. The van der Waals surface area contributed by atoms with E-state index in [1.807, 2.05) is 14.1 Å². The van der Waals surface area contributed by atoms with E-state index >= 15 is 0 Å². The smallest absolute Gasteiger partial charge is 0.191 e. The van der Waals surface area contributed by atoms with Crippen LogP contribution in [0.1, 0.15) is 25.0 Å². The van der Waals surface area contributed by atoms with Crippen molar-refractivity contribution < 1.29 is 0 Å². The molecule has 0 spiro atoms. The molecule has 0 unspecified atom stereocenters. The predicted molar refractivity (Wildman–Crippen MR) is 99.2 cm³/mol. The predicted octanol–water partition coefficient (Wildman–Crippen LogP) is 2.84. The van der Waals surface area contributed by atoms with Crippen LogP contribution in [-0.2, 0) is 6.54 Å². The van der Waals surface area contributed by atoms with E-state index in [1.165, 1.54) is 16.8 Å². The lowest BCUT2D eigenvalue weighted by Crippen LogP contribution is -2.37. The number of hydrogen-bond acceptors (Lipinski definition) is 2. The highest BCUT2D eigenvalue weighted by Crippen LogP contribution is 2.18. The summed E-state index contributed by atoms with van der Waals surface area (Å²) in [6.07, 6.45) is 0. The summed E-state index contributed by atoms with van der Waals surface area (Å²) in [4.78, 5) is 8.64. The highest BCUT2D eigenvalue weighted by molar-refractivity contribution is 14.0. The average Bonchev–Trinajstić information content (AvgIpc) is 2.38. The molecule has 0 fully saturated rings. The Morgan fingerprint density at radius 1 is 1.20 bits per heavy atom. The van der Waals surface area contributed by atoms with Gasteiger partial charge >= 0.3 is 0 Å². The first-order valence-corrected chi connectivity index (χ1v) is 6.81. The van der Waals surface area contributed by atoms with E-state index in [4.69, 9.17) is 5.73 Å². The highest BCUT2D eigenvalue weighted by atomic mass is 127. The summed E-state index contributed by atoms with van der Waals surface area (Å²) in [5, 5.41) is 0. The number of benzene rings is 1. The molecule has 0 radical (unpaired) electrons. The molecule has 1 aromatic rings. The number of halogens is 1. The van der Waals surface area contributed by atoms with Crippen LogP contribution in [-0.4, -0.2) is 38.0 Å². The Labute approximate surface area is 140 Å². The molecule has 0 aliphatic carbocycles. The van der Waals surface area contributed by atoms with Crippen molar-refractivity contribution in [1.82, 2.24) is 4.90 Å². The maximum Gasteiger partial charge on any atom is 0.191 e. The summed E-state index contributed by atoms with van der Waals surface area (Å²) < 4.78 is 0. The van der Waals surface area contributed by atoms with Gasteiger partial charge in [-0.05, 0) is 44.0 Å². The molecule has 0 aliphatic rings. The molecule has 114 valence electrons. The Hall–Kier alpha value is -0.980. The zero-order valence-corrected chi connectivity index (χ0v) is 15.5. The molecule has 1 rings (SSSR count). The number of aliphatic imine (C=N–C) groups is 1. The summed E-state index contributed by atoms with van der Waals surface area (Å²) >= 11 is 0. The molecule has 5 heteroatoms. The SMILES string of the molecule is CCN(CC)C(N)=NCc1ccc(N(C)C)cc1C.I. The van der Waals surface area contributed by atoms with Gasteiger partial charge in [0, 0.05) is 32.9 Å². The lowest BCUT2D eigenvalue weighted by Gasteiger charge is -2.19. The second kappa shape index (κ2) is 9.05. The molecule has 20 heavy (non-hydrogen) atoms. The van der Waals surface area contributed by atoms with Crippen molar-refractivity contribution >= 4 is 35.6 Å². The van der Waals surface area contributed by atoms with Gasteiger partial charge in [-0.3, -0.25) is 0 Å². The van der Waals surface area contributed by atoms with Gasteiger partial charge in [-0.15, -0.1) is 24.0 Å². The average molecular weight is 390 g/mol. The normalized spacial score (nSPS) is 10.9. The minimum Gasteiger partial charge on any atom is -0.378 e. The first-order chi connectivity index (χ1) is 8.99. The number of rotatable bonds is 5. The maximum absolute atomic E-state index is 5.98. The van der Waals surface area contributed by atoms with E-state index < -0.39 is 0 Å². The van der Waals surface area contributed by atoms with Crippen molar-refractivity contribution in [2.45, 2.75) is 27.3 Å². The van der Waals surface area contributed by atoms with Crippen LogP contribution >= 0.6 is 24.0 Å². The van der Waals surface area contributed by atoms with Gasteiger partial charge in [-0.25, -0.2) is 4.99 Å². The minimum atomic E-state index is 0. The molecule has 0 aliphatic heterocycles. The molecule has 1 aromatic carbocycles. The van der Waals surface area contributed by atoms with Crippen molar-refractivity contribution in [3.63, 3.8) is 0 Å². The van der Waals surface area contributed by atoms with Gasteiger partial charge in [-0.1, -0.05) is 6.07 Å². The number of nitrogens with two attached hydrogens (primary N) is 1. The minimum absolute atomic E-state index is 0. The molecule has 0 saturated heterocycles. The van der Waals surface area contributed by atoms with E-state index in [1.54, 1.807) is 0 Å². The van der Waals surface area contributed by atoms with Gasteiger partial charge in [-0.2, -0.15) is 0 Å². The highest BCUT2D eigenvalue weighted by Gasteiger charge is 2.04. The molecule has 0 saturated carbocycles. The summed E-state index contributed by atoms with van der Waals surface area (Å²) in [6.45, 7) is 8.72. The van der Waals surface area contributed by atoms with Crippen LogP contribution < -0.4 is 10.6 Å². The summed E-state index contributed by atoms with van der Waals surface area (Å²) in [5.74, 6) is 0.626. The van der Waals surface area contributed by atoms with E-state index in [0.717, 1.165) is 13.1 Å². The third kappa shape index (κ3) is 5.19. The number of guanidine groups is 1. The number of anilines is 1. The fourth-order valence-electron chi connectivity index (χ4n) is 1.95. The van der Waals surface area contributed by atoms with Crippen LogP contribution in [0.25, 0.3) is 0 Å². The van der Waals surface area contributed by atoms with Crippen molar-refractivity contribution in [2.24, 2.45) is 10.7 Å². The zero-order chi connectivity index (χ0) is 14.4. The maximum atomic E-state index is 5.98. The Morgan fingerprint density at radius 2 is 1.80 bits per heavy atom. The molecule has 0 heterocycles. The lowest BCUT2D eigenvalue weighted by atomic mass is 10.1. The van der Waals surface area contributed by atoms with E-state index in [2.05, 4.69) is 53.8 Å². The summed E-state index contributed by atoms with van der Waals surface area (Å²) in [7, 11) is 4.09. The van der Waals surface area contributed by atoms with Crippen molar-refractivity contribution in [3.05, 3.63) is 29.3 Å². The number of nitrogens with zero attached hydrogens (tertiary/aromatic N) is 3. The van der Waals surface area contributed by atoms with Crippen LogP contribution in [0.3, 0.4) is 0 Å². The van der Waals surface area contributed by atoms with Crippen molar-refractivity contribution in [3.8, 4) is 0 Å². The van der Waals surface area contributed by atoms with Gasteiger partial charge in [0.25, 0.3) is 0 Å². The van der Waals surface area contributed by atoms with Gasteiger partial charge in [0.05, 0.1) is 6.54 Å². The van der Waals surface area contributed by atoms with Crippen molar-refractivity contribution in [2.75, 3.05) is 32.1 Å². The molecule has 2 N–H and O–H groups in total. The van der Waals surface area contributed by atoms with Crippen LogP contribution in [0.15, 0.2) is 23.2 Å². The fraction of sp³-hybridized carbons (Fsp3) is 0.533. The molecule has 0 aromatic heterocycles. The fourth-order valence-corrected chi connectivity index (χ4v) is 1.95. The van der Waals surface area contributed by atoms with E-state index in [-0.39, 0.29) is 24.0 Å². The Bertz CT molecular complexity index is 439. The Kier molecular flexibility index (Phi) is 8.60. The second-order valence-electron chi connectivity index (χ2n) is 4.85.